The molecule has 0 aliphatic heterocycles. The van der Waals surface area contributed by atoms with Crippen LogP contribution in [0.15, 0.2) is 18.2 Å². The quantitative estimate of drug-likeness (QED) is 0.406. The molecule has 7 nitrogen and oxygen atoms in total. The highest BCUT2D eigenvalue weighted by atomic mass is 16.6. The maximum atomic E-state index is 12.2. The molecule has 116 valence electrons. The standard InChI is InChI=1S/C14H22N4O3/c1-9(2)4-5-10(3)16-14(19)12-8-11(17-15)6-7-13(12)18(20)21/h6-10,17H,4-5,15H2,1-3H3,(H,16,19). The normalized spacial score (nSPS) is 12.0. The van der Waals surface area contributed by atoms with Crippen LogP contribution in [0.1, 0.15) is 44.0 Å². The van der Waals surface area contributed by atoms with Gasteiger partial charge in [-0.05, 0) is 37.8 Å². The van der Waals surface area contributed by atoms with Gasteiger partial charge in [-0.3, -0.25) is 20.8 Å². The molecular formula is C14H22N4O3. The summed E-state index contributed by atoms with van der Waals surface area (Å²) in [4.78, 5) is 22.6. The van der Waals surface area contributed by atoms with Gasteiger partial charge in [0.05, 0.1) is 4.92 Å². The molecule has 0 radical (unpaired) electrons. The van der Waals surface area contributed by atoms with E-state index in [2.05, 4.69) is 24.6 Å². The Morgan fingerprint density at radius 1 is 1.33 bits per heavy atom. The second-order valence-corrected chi connectivity index (χ2v) is 5.48. The van der Waals surface area contributed by atoms with E-state index >= 15 is 0 Å². The maximum absolute atomic E-state index is 12.2. The summed E-state index contributed by atoms with van der Waals surface area (Å²) in [7, 11) is 0. The molecule has 0 aliphatic carbocycles. The number of nitrogen functional groups attached to an aromatic ring is 1. The number of nitrogens with two attached hydrogens (primary N) is 1. The lowest BCUT2D eigenvalue weighted by atomic mass is 10.0. The SMILES string of the molecule is CC(C)CCC(C)NC(=O)c1cc(NN)ccc1[N+](=O)[O-]. The van der Waals surface area contributed by atoms with E-state index in [-0.39, 0.29) is 17.3 Å². The lowest BCUT2D eigenvalue weighted by Crippen LogP contribution is -2.33. The van der Waals surface area contributed by atoms with Gasteiger partial charge in [0.1, 0.15) is 5.56 Å². The molecule has 7 heteroatoms. The summed E-state index contributed by atoms with van der Waals surface area (Å²) >= 11 is 0. The first-order valence-electron chi connectivity index (χ1n) is 6.91. The molecule has 0 aromatic heterocycles. The third-order valence-electron chi connectivity index (χ3n) is 3.16. The molecule has 1 rings (SSSR count). The molecule has 21 heavy (non-hydrogen) atoms. The first-order chi connectivity index (χ1) is 9.85. The van der Waals surface area contributed by atoms with Gasteiger partial charge in [-0.15, -0.1) is 0 Å². The number of amides is 1. The monoisotopic (exact) mass is 294 g/mol. The zero-order valence-electron chi connectivity index (χ0n) is 12.6. The van der Waals surface area contributed by atoms with Gasteiger partial charge in [-0.25, -0.2) is 0 Å². The molecule has 0 spiro atoms. The van der Waals surface area contributed by atoms with Crippen molar-refractivity contribution in [3.8, 4) is 0 Å². The number of hydrogen-bond acceptors (Lipinski definition) is 5. The van der Waals surface area contributed by atoms with Gasteiger partial charge in [0.2, 0.25) is 0 Å². The summed E-state index contributed by atoms with van der Waals surface area (Å²) in [6, 6.07) is 4.05. The van der Waals surface area contributed by atoms with Crippen molar-refractivity contribution in [3.05, 3.63) is 33.9 Å². The van der Waals surface area contributed by atoms with Gasteiger partial charge in [-0.2, -0.15) is 0 Å². The van der Waals surface area contributed by atoms with Crippen LogP contribution in [0.25, 0.3) is 0 Å². The fourth-order valence-electron chi connectivity index (χ4n) is 1.92. The van der Waals surface area contributed by atoms with Crippen LogP contribution in [-0.2, 0) is 0 Å². The van der Waals surface area contributed by atoms with Gasteiger partial charge in [-0.1, -0.05) is 13.8 Å². The van der Waals surface area contributed by atoms with Crippen molar-refractivity contribution >= 4 is 17.3 Å². The minimum Gasteiger partial charge on any atom is -0.349 e. The van der Waals surface area contributed by atoms with Gasteiger partial charge < -0.3 is 10.7 Å². The third-order valence-corrected chi connectivity index (χ3v) is 3.16. The lowest BCUT2D eigenvalue weighted by Gasteiger charge is -2.15. The topological polar surface area (TPSA) is 110 Å². The molecule has 1 atom stereocenters. The zero-order chi connectivity index (χ0) is 16.0. The molecule has 0 aliphatic rings. The Morgan fingerprint density at radius 2 is 2.00 bits per heavy atom. The van der Waals surface area contributed by atoms with Gasteiger partial charge in [0.15, 0.2) is 0 Å². The number of nitro benzene ring substituents is 1. The Bertz CT molecular complexity index is 517. The Morgan fingerprint density at radius 3 is 2.52 bits per heavy atom. The van der Waals surface area contributed by atoms with Gasteiger partial charge >= 0.3 is 0 Å². The summed E-state index contributed by atoms with van der Waals surface area (Å²) in [6.07, 6.45) is 1.81. The van der Waals surface area contributed by atoms with Gasteiger partial charge in [0.25, 0.3) is 11.6 Å². The van der Waals surface area contributed by atoms with Crippen molar-refractivity contribution in [1.29, 1.82) is 0 Å². The highest BCUT2D eigenvalue weighted by Gasteiger charge is 2.21. The molecule has 4 N–H and O–H groups in total. The molecule has 0 bridgehead atoms. The lowest BCUT2D eigenvalue weighted by molar-refractivity contribution is -0.385. The van der Waals surface area contributed by atoms with E-state index in [0.29, 0.717) is 11.6 Å². The van der Waals surface area contributed by atoms with E-state index in [1.165, 1.54) is 18.2 Å². The molecule has 1 unspecified atom stereocenters. The van der Waals surface area contributed by atoms with Crippen LogP contribution in [-0.4, -0.2) is 16.9 Å². The van der Waals surface area contributed by atoms with Crippen LogP contribution < -0.4 is 16.6 Å². The summed E-state index contributed by atoms with van der Waals surface area (Å²) in [5, 5.41) is 13.8. The number of nitro groups is 1. The number of hydrogen-bond donors (Lipinski definition) is 3. The van der Waals surface area contributed by atoms with Gasteiger partial charge in [0, 0.05) is 17.8 Å². The van der Waals surface area contributed by atoms with Crippen LogP contribution in [0.5, 0.6) is 0 Å². The van der Waals surface area contributed by atoms with Crippen molar-refractivity contribution in [2.24, 2.45) is 11.8 Å². The number of nitrogens with one attached hydrogen (secondary N) is 2. The summed E-state index contributed by atoms with van der Waals surface area (Å²) in [5.74, 6) is 5.36. The summed E-state index contributed by atoms with van der Waals surface area (Å²) in [6.45, 7) is 6.10. The summed E-state index contributed by atoms with van der Waals surface area (Å²) in [5.41, 5.74) is 2.60. The first kappa shape index (κ1) is 16.9. The molecule has 1 aromatic carbocycles. The van der Waals surface area contributed by atoms with E-state index in [1.807, 2.05) is 6.92 Å². The Kier molecular flexibility index (Phi) is 6.10. The molecule has 0 saturated carbocycles. The zero-order valence-corrected chi connectivity index (χ0v) is 12.6. The molecular weight excluding hydrogens is 272 g/mol. The molecule has 0 heterocycles. The van der Waals surface area contributed by atoms with Crippen molar-refractivity contribution in [3.63, 3.8) is 0 Å². The molecule has 0 saturated heterocycles. The Hall–Kier alpha value is -2.15. The van der Waals surface area contributed by atoms with Crippen LogP contribution in [0, 0.1) is 16.0 Å². The summed E-state index contributed by atoms with van der Waals surface area (Å²) < 4.78 is 0. The van der Waals surface area contributed by atoms with E-state index in [1.54, 1.807) is 0 Å². The molecule has 1 amide bonds. The average Bonchev–Trinajstić information content (AvgIpc) is 2.44. The van der Waals surface area contributed by atoms with Crippen molar-refractivity contribution < 1.29 is 9.72 Å². The maximum Gasteiger partial charge on any atom is 0.282 e. The van der Waals surface area contributed by atoms with Crippen LogP contribution in [0.2, 0.25) is 0 Å². The number of carbonyl (C=O) groups excluding carboxylic acids is 1. The second-order valence-electron chi connectivity index (χ2n) is 5.48. The van der Waals surface area contributed by atoms with E-state index in [4.69, 9.17) is 5.84 Å². The van der Waals surface area contributed by atoms with Crippen molar-refractivity contribution in [2.45, 2.75) is 39.7 Å². The number of carbonyl (C=O) groups is 1. The number of rotatable bonds is 7. The highest BCUT2D eigenvalue weighted by Crippen LogP contribution is 2.22. The largest absolute Gasteiger partial charge is 0.349 e. The smallest absolute Gasteiger partial charge is 0.282 e. The first-order valence-corrected chi connectivity index (χ1v) is 6.91. The van der Waals surface area contributed by atoms with Crippen LogP contribution >= 0.6 is 0 Å². The average molecular weight is 294 g/mol. The minimum atomic E-state index is -0.575. The number of benzene rings is 1. The number of nitrogens with zero attached hydrogens (tertiary/aromatic N) is 1. The Labute approximate surface area is 124 Å². The predicted octanol–water partition coefficient (Wildman–Crippen LogP) is 2.43. The third kappa shape index (κ3) is 5.03. The van der Waals surface area contributed by atoms with E-state index < -0.39 is 10.8 Å². The molecule has 0 fully saturated rings. The fraction of sp³-hybridized carbons (Fsp3) is 0.500. The van der Waals surface area contributed by atoms with Crippen LogP contribution in [0.3, 0.4) is 0 Å². The van der Waals surface area contributed by atoms with Crippen molar-refractivity contribution in [2.75, 3.05) is 5.43 Å². The number of anilines is 1. The van der Waals surface area contributed by atoms with Crippen molar-refractivity contribution in [1.82, 2.24) is 5.32 Å². The molecule has 1 aromatic rings. The second kappa shape index (κ2) is 7.58. The van der Waals surface area contributed by atoms with Crippen LogP contribution in [0.4, 0.5) is 11.4 Å². The predicted molar refractivity (Wildman–Crippen MR) is 81.9 cm³/mol. The highest BCUT2D eigenvalue weighted by molar-refractivity contribution is 5.99. The fourth-order valence-corrected chi connectivity index (χ4v) is 1.92. The van der Waals surface area contributed by atoms with E-state index in [0.717, 1.165) is 12.8 Å². The van der Waals surface area contributed by atoms with E-state index in [9.17, 15) is 14.9 Å². The Balaban J connectivity index is 2.87. The minimum absolute atomic E-state index is 0.00634. The number of hydrazine groups is 1.